The van der Waals surface area contributed by atoms with Crippen molar-refractivity contribution in [2.75, 3.05) is 6.61 Å². The molecule has 1 N–H and O–H groups in total. The molecule has 22 heavy (non-hydrogen) atoms. The van der Waals surface area contributed by atoms with Crippen LogP contribution in [0.5, 0.6) is 5.75 Å². The van der Waals surface area contributed by atoms with Crippen LogP contribution in [0.25, 0.3) is 0 Å². The molecule has 2 nitrogen and oxygen atoms in total. The normalized spacial score (nSPS) is 12.6. The summed E-state index contributed by atoms with van der Waals surface area (Å²) in [6, 6.07) is 5.26. The quantitative estimate of drug-likeness (QED) is 0.552. The third-order valence-electron chi connectivity index (χ3n) is 3.67. The number of halogens is 2. The highest BCUT2D eigenvalue weighted by molar-refractivity contribution is 5.35. The van der Waals surface area contributed by atoms with Gasteiger partial charge in [0.15, 0.2) is 0 Å². The van der Waals surface area contributed by atoms with E-state index in [1.165, 1.54) is 25.7 Å². The molecule has 0 heterocycles. The molecule has 0 saturated heterocycles. The standard InChI is InChI=1S/C18H28F2O2/c1-3-4-5-6-7-8-9-17(21)15-10-14(2)11-16(12-15)22-13-18(19)20/h10-12,17-18,21H,3-9,13H2,1-2H3. The summed E-state index contributed by atoms with van der Waals surface area (Å²) in [5.74, 6) is 0.400. The van der Waals surface area contributed by atoms with Crippen molar-refractivity contribution in [1.29, 1.82) is 0 Å². The second-order valence-corrected chi connectivity index (χ2v) is 5.85. The van der Waals surface area contributed by atoms with E-state index in [1.54, 1.807) is 12.1 Å². The average molecular weight is 314 g/mol. The van der Waals surface area contributed by atoms with Crippen molar-refractivity contribution >= 4 is 0 Å². The topological polar surface area (TPSA) is 29.5 Å². The van der Waals surface area contributed by atoms with Crippen molar-refractivity contribution in [3.8, 4) is 5.75 Å². The summed E-state index contributed by atoms with van der Waals surface area (Å²) in [5.41, 5.74) is 1.65. The Hall–Kier alpha value is -1.16. The smallest absolute Gasteiger partial charge is 0.272 e. The van der Waals surface area contributed by atoms with E-state index in [-0.39, 0.29) is 0 Å². The maximum atomic E-state index is 12.2. The van der Waals surface area contributed by atoms with Gasteiger partial charge in [-0.25, -0.2) is 8.78 Å². The highest BCUT2D eigenvalue weighted by Crippen LogP contribution is 2.26. The largest absolute Gasteiger partial charge is 0.488 e. The first-order valence-electron chi connectivity index (χ1n) is 8.23. The number of aliphatic hydroxyl groups is 1. The molecule has 0 aromatic heterocycles. The van der Waals surface area contributed by atoms with Crippen LogP contribution < -0.4 is 4.74 Å². The molecular weight excluding hydrogens is 286 g/mol. The summed E-state index contributed by atoms with van der Waals surface area (Å²) in [6.07, 6.45) is 4.71. The Morgan fingerprint density at radius 3 is 2.41 bits per heavy atom. The predicted octanol–water partition coefficient (Wildman–Crippen LogP) is 5.42. The average Bonchev–Trinajstić information content (AvgIpc) is 2.48. The van der Waals surface area contributed by atoms with Crippen LogP contribution in [0, 0.1) is 6.92 Å². The first-order chi connectivity index (χ1) is 10.5. The van der Waals surface area contributed by atoms with Gasteiger partial charge in [-0.3, -0.25) is 0 Å². The Labute approximate surface area is 132 Å². The number of alkyl halides is 2. The monoisotopic (exact) mass is 314 g/mol. The SMILES string of the molecule is CCCCCCCCC(O)c1cc(C)cc(OCC(F)F)c1. The summed E-state index contributed by atoms with van der Waals surface area (Å²) in [6.45, 7) is 3.45. The summed E-state index contributed by atoms with van der Waals surface area (Å²) in [5, 5.41) is 10.2. The molecule has 0 aliphatic carbocycles. The van der Waals surface area contributed by atoms with E-state index in [0.29, 0.717) is 12.2 Å². The summed E-state index contributed by atoms with van der Waals surface area (Å²) >= 11 is 0. The Balaban J connectivity index is 2.45. The van der Waals surface area contributed by atoms with E-state index >= 15 is 0 Å². The van der Waals surface area contributed by atoms with E-state index < -0.39 is 19.1 Å². The van der Waals surface area contributed by atoms with Gasteiger partial charge in [0.1, 0.15) is 12.4 Å². The maximum absolute atomic E-state index is 12.2. The highest BCUT2D eigenvalue weighted by atomic mass is 19.3. The molecule has 0 bridgehead atoms. The Morgan fingerprint density at radius 1 is 1.05 bits per heavy atom. The van der Waals surface area contributed by atoms with Gasteiger partial charge in [0, 0.05) is 0 Å². The van der Waals surface area contributed by atoms with Crippen LogP contribution in [0.3, 0.4) is 0 Å². The predicted molar refractivity (Wildman–Crippen MR) is 85.6 cm³/mol. The van der Waals surface area contributed by atoms with Gasteiger partial charge in [-0.15, -0.1) is 0 Å². The van der Waals surface area contributed by atoms with Gasteiger partial charge in [0.2, 0.25) is 0 Å². The molecule has 1 rings (SSSR count). The number of aliphatic hydroxyl groups excluding tert-OH is 1. The number of hydrogen-bond donors (Lipinski definition) is 1. The summed E-state index contributed by atoms with van der Waals surface area (Å²) in [4.78, 5) is 0. The Morgan fingerprint density at radius 2 is 1.73 bits per heavy atom. The van der Waals surface area contributed by atoms with Crippen LogP contribution in [0.1, 0.15) is 69.1 Å². The van der Waals surface area contributed by atoms with Crippen LogP contribution in [0.2, 0.25) is 0 Å². The zero-order valence-electron chi connectivity index (χ0n) is 13.7. The first kappa shape index (κ1) is 18.9. The lowest BCUT2D eigenvalue weighted by molar-refractivity contribution is 0.0816. The fourth-order valence-electron chi connectivity index (χ4n) is 2.50. The minimum atomic E-state index is -2.49. The fourth-order valence-corrected chi connectivity index (χ4v) is 2.50. The lowest BCUT2D eigenvalue weighted by Gasteiger charge is -2.14. The molecule has 0 radical (unpaired) electrons. The maximum Gasteiger partial charge on any atom is 0.272 e. The van der Waals surface area contributed by atoms with Crippen molar-refractivity contribution < 1.29 is 18.6 Å². The lowest BCUT2D eigenvalue weighted by atomic mass is 10.0. The number of benzene rings is 1. The number of ether oxygens (including phenoxy) is 1. The molecule has 4 heteroatoms. The van der Waals surface area contributed by atoms with Gasteiger partial charge >= 0.3 is 0 Å². The molecule has 126 valence electrons. The molecule has 1 unspecified atom stereocenters. The van der Waals surface area contributed by atoms with Crippen molar-refractivity contribution in [3.63, 3.8) is 0 Å². The van der Waals surface area contributed by atoms with Gasteiger partial charge < -0.3 is 9.84 Å². The molecule has 1 aromatic carbocycles. The number of aryl methyl sites for hydroxylation is 1. The van der Waals surface area contributed by atoms with Crippen LogP contribution >= 0.6 is 0 Å². The minimum Gasteiger partial charge on any atom is -0.488 e. The fraction of sp³-hybridized carbons (Fsp3) is 0.667. The van der Waals surface area contributed by atoms with Gasteiger partial charge in [-0.2, -0.15) is 0 Å². The zero-order chi connectivity index (χ0) is 16.4. The number of hydrogen-bond acceptors (Lipinski definition) is 2. The first-order valence-corrected chi connectivity index (χ1v) is 8.23. The summed E-state index contributed by atoms with van der Waals surface area (Å²) < 4.78 is 29.4. The van der Waals surface area contributed by atoms with Crippen molar-refractivity contribution in [3.05, 3.63) is 29.3 Å². The van der Waals surface area contributed by atoms with Crippen LogP contribution in [-0.4, -0.2) is 18.1 Å². The second kappa shape index (κ2) is 10.5. The molecule has 0 aliphatic rings. The molecule has 1 aromatic rings. The van der Waals surface area contributed by atoms with Crippen LogP contribution in [-0.2, 0) is 0 Å². The Bertz CT molecular complexity index is 422. The second-order valence-electron chi connectivity index (χ2n) is 5.85. The van der Waals surface area contributed by atoms with E-state index in [2.05, 4.69) is 6.92 Å². The molecule has 1 atom stereocenters. The van der Waals surface area contributed by atoms with Gasteiger partial charge in [0.05, 0.1) is 6.10 Å². The van der Waals surface area contributed by atoms with Crippen molar-refractivity contribution in [1.82, 2.24) is 0 Å². The minimum absolute atomic E-state index is 0.400. The van der Waals surface area contributed by atoms with Crippen LogP contribution in [0.4, 0.5) is 8.78 Å². The van der Waals surface area contributed by atoms with Gasteiger partial charge in [-0.05, 0) is 36.6 Å². The van der Waals surface area contributed by atoms with E-state index in [1.807, 2.05) is 13.0 Å². The van der Waals surface area contributed by atoms with Crippen molar-refractivity contribution in [2.45, 2.75) is 71.3 Å². The summed E-state index contributed by atoms with van der Waals surface area (Å²) in [7, 11) is 0. The van der Waals surface area contributed by atoms with E-state index in [4.69, 9.17) is 4.74 Å². The number of rotatable bonds is 11. The Kier molecular flexibility index (Phi) is 9.05. The van der Waals surface area contributed by atoms with Gasteiger partial charge in [-0.1, -0.05) is 51.5 Å². The molecule has 0 spiro atoms. The lowest BCUT2D eigenvalue weighted by Crippen LogP contribution is -2.08. The molecule has 0 fully saturated rings. The molecule has 0 aliphatic heterocycles. The van der Waals surface area contributed by atoms with Crippen molar-refractivity contribution in [2.24, 2.45) is 0 Å². The van der Waals surface area contributed by atoms with Gasteiger partial charge in [0.25, 0.3) is 6.43 Å². The van der Waals surface area contributed by atoms with Crippen LogP contribution in [0.15, 0.2) is 18.2 Å². The zero-order valence-corrected chi connectivity index (χ0v) is 13.7. The highest BCUT2D eigenvalue weighted by Gasteiger charge is 2.11. The van der Waals surface area contributed by atoms with E-state index in [9.17, 15) is 13.9 Å². The van der Waals surface area contributed by atoms with E-state index in [0.717, 1.165) is 24.0 Å². The third-order valence-corrected chi connectivity index (χ3v) is 3.67. The molecular formula is C18H28F2O2. The molecule has 0 saturated carbocycles. The third kappa shape index (κ3) is 7.74. The molecule has 0 amide bonds. The number of unbranched alkanes of at least 4 members (excludes halogenated alkanes) is 5.